The maximum atomic E-state index is 11.1. The molecule has 0 saturated carbocycles. The molecule has 0 amide bonds. The lowest BCUT2D eigenvalue weighted by Gasteiger charge is -2.22. The quantitative estimate of drug-likeness (QED) is 0.855. The summed E-state index contributed by atoms with van der Waals surface area (Å²) in [6, 6.07) is 3.77. The van der Waals surface area contributed by atoms with E-state index in [0.717, 1.165) is 19.5 Å². The van der Waals surface area contributed by atoms with Crippen molar-refractivity contribution >= 4 is 17.3 Å². The molecule has 2 heterocycles. The molecule has 0 spiro atoms. The predicted octanol–water partition coefficient (Wildman–Crippen LogP) is 2.04. The van der Waals surface area contributed by atoms with Gasteiger partial charge in [-0.05, 0) is 30.3 Å². The molecular formula is C11H15NO2S. The molecule has 15 heavy (non-hydrogen) atoms. The number of rotatable bonds is 3. The number of hydrogen-bond donors (Lipinski definition) is 1. The molecule has 3 nitrogen and oxygen atoms in total. The molecule has 1 aliphatic heterocycles. The Morgan fingerprint density at radius 2 is 2.53 bits per heavy atom. The fraction of sp³-hybridized carbons (Fsp3) is 0.545. The van der Waals surface area contributed by atoms with Crippen LogP contribution in [0, 0.1) is 5.92 Å². The summed E-state index contributed by atoms with van der Waals surface area (Å²) in [5, 5.41) is 11.2. The summed E-state index contributed by atoms with van der Waals surface area (Å²) in [5.74, 6) is -0.418. The van der Waals surface area contributed by atoms with Crippen LogP contribution < -0.4 is 0 Å². The van der Waals surface area contributed by atoms with Crippen molar-refractivity contribution in [2.24, 2.45) is 5.92 Å². The van der Waals surface area contributed by atoms with Crippen LogP contribution in [0.25, 0.3) is 0 Å². The fourth-order valence-electron chi connectivity index (χ4n) is 2.21. The van der Waals surface area contributed by atoms with Gasteiger partial charge in [-0.15, -0.1) is 11.3 Å². The molecule has 1 fully saturated rings. The van der Waals surface area contributed by atoms with E-state index >= 15 is 0 Å². The minimum atomic E-state index is -0.684. The van der Waals surface area contributed by atoms with Crippen molar-refractivity contribution in [1.29, 1.82) is 0 Å². The first-order valence-electron chi connectivity index (χ1n) is 5.17. The smallest absolute Gasteiger partial charge is 0.321 e. The predicted molar refractivity (Wildman–Crippen MR) is 59.9 cm³/mol. The van der Waals surface area contributed by atoms with E-state index in [4.69, 9.17) is 5.11 Å². The van der Waals surface area contributed by atoms with Crippen LogP contribution in [0.2, 0.25) is 0 Å². The van der Waals surface area contributed by atoms with Gasteiger partial charge < -0.3 is 5.11 Å². The average Bonchev–Trinajstić information content (AvgIpc) is 2.76. The summed E-state index contributed by atoms with van der Waals surface area (Å²) in [6.07, 6.45) is 0.988. The third kappa shape index (κ3) is 2.21. The maximum Gasteiger partial charge on any atom is 0.321 e. The Balaban J connectivity index is 2.06. The number of carbonyl (C=O) groups is 1. The molecule has 82 valence electrons. The molecule has 2 unspecified atom stereocenters. The highest BCUT2D eigenvalue weighted by Crippen LogP contribution is 2.26. The lowest BCUT2D eigenvalue weighted by molar-refractivity contribution is -0.143. The topological polar surface area (TPSA) is 40.5 Å². The number of nitrogens with zero attached hydrogens (tertiary/aromatic N) is 1. The number of hydrogen-bond acceptors (Lipinski definition) is 3. The normalized spacial score (nSPS) is 27.0. The molecule has 0 aromatic carbocycles. The molecule has 1 aromatic rings. The van der Waals surface area contributed by atoms with Crippen LogP contribution in [-0.4, -0.2) is 28.6 Å². The molecule has 1 aliphatic rings. The second-order valence-corrected chi connectivity index (χ2v) is 5.13. The second-order valence-electron chi connectivity index (χ2n) is 4.10. The average molecular weight is 225 g/mol. The lowest BCUT2D eigenvalue weighted by atomic mass is 10.0. The fourth-order valence-corrected chi connectivity index (χ4v) is 2.94. The van der Waals surface area contributed by atoms with Gasteiger partial charge in [0.2, 0.25) is 0 Å². The summed E-state index contributed by atoms with van der Waals surface area (Å²) >= 11 is 1.69. The zero-order valence-corrected chi connectivity index (χ0v) is 9.54. The van der Waals surface area contributed by atoms with Gasteiger partial charge in [0.1, 0.15) is 6.04 Å². The van der Waals surface area contributed by atoms with E-state index in [1.165, 1.54) is 4.88 Å². The highest BCUT2D eigenvalue weighted by atomic mass is 32.1. The minimum Gasteiger partial charge on any atom is -0.480 e. The number of likely N-dealkylation sites (tertiary alicyclic amines) is 1. The molecule has 1 N–H and O–H groups in total. The first kappa shape index (κ1) is 10.6. The van der Waals surface area contributed by atoms with Crippen LogP contribution in [0.3, 0.4) is 0 Å². The van der Waals surface area contributed by atoms with E-state index in [1.54, 1.807) is 11.3 Å². The second kappa shape index (κ2) is 4.33. The summed E-state index contributed by atoms with van der Waals surface area (Å²) in [7, 11) is 0. The van der Waals surface area contributed by atoms with Crippen molar-refractivity contribution in [3.8, 4) is 0 Å². The molecule has 4 heteroatoms. The Hall–Kier alpha value is -0.870. The third-order valence-corrected chi connectivity index (χ3v) is 3.86. The largest absolute Gasteiger partial charge is 0.480 e. The summed E-state index contributed by atoms with van der Waals surface area (Å²) in [6.45, 7) is 3.70. The molecule has 1 saturated heterocycles. The highest BCUT2D eigenvalue weighted by Gasteiger charge is 2.36. The van der Waals surface area contributed by atoms with E-state index in [2.05, 4.69) is 11.0 Å². The van der Waals surface area contributed by atoms with Gasteiger partial charge in [0.25, 0.3) is 0 Å². The summed E-state index contributed by atoms with van der Waals surface area (Å²) in [4.78, 5) is 14.4. The van der Waals surface area contributed by atoms with Gasteiger partial charge in [0, 0.05) is 11.4 Å². The van der Waals surface area contributed by atoms with Crippen molar-refractivity contribution in [1.82, 2.24) is 4.90 Å². The van der Waals surface area contributed by atoms with Gasteiger partial charge >= 0.3 is 5.97 Å². The Bertz CT molecular complexity index is 336. The van der Waals surface area contributed by atoms with Gasteiger partial charge in [-0.2, -0.15) is 0 Å². The first-order chi connectivity index (χ1) is 7.18. The van der Waals surface area contributed by atoms with Crippen molar-refractivity contribution in [2.45, 2.75) is 25.9 Å². The molecular weight excluding hydrogens is 210 g/mol. The van der Waals surface area contributed by atoms with Crippen molar-refractivity contribution in [3.05, 3.63) is 22.4 Å². The SMILES string of the molecule is CC1CCN(Cc2cccs2)C1C(=O)O. The Labute approximate surface area is 93.3 Å². The summed E-state index contributed by atoms with van der Waals surface area (Å²) < 4.78 is 0. The van der Waals surface area contributed by atoms with Gasteiger partial charge in [0.15, 0.2) is 0 Å². The zero-order valence-electron chi connectivity index (χ0n) is 8.72. The van der Waals surface area contributed by atoms with Crippen LogP contribution in [0.5, 0.6) is 0 Å². The number of carboxylic acid groups (broad SMARTS) is 1. The first-order valence-corrected chi connectivity index (χ1v) is 6.05. The third-order valence-electron chi connectivity index (χ3n) is 3.00. The minimum absolute atomic E-state index is 0.266. The van der Waals surface area contributed by atoms with Crippen molar-refractivity contribution < 1.29 is 9.90 Å². The Morgan fingerprint density at radius 3 is 3.13 bits per heavy atom. The van der Waals surface area contributed by atoms with E-state index in [1.807, 2.05) is 18.4 Å². The zero-order chi connectivity index (χ0) is 10.8. The van der Waals surface area contributed by atoms with E-state index < -0.39 is 5.97 Å². The van der Waals surface area contributed by atoms with Gasteiger partial charge in [-0.3, -0.25) is 9.69 Å². The molecule has 0 aliphatic carbocycles. The van der Waals surface area contributed by atoms with Crippen LogP contribution in [0.4, 0.5) is 0 Å². The van der Waals surface area contributed by atoms with Gasteiger partial charge in [-0.1, -0.05) is 13.0 Å². The molecule has 2 atom stereocenters. The molecule has 0 radical (unpaired) electrons. The van der Waals surface area contributed by atoms with Crippen LogP contribution >= 0.6 is 11.3 Å². The number of thiophene rings is 1. The standard InChI is InChI=1S/C11H15NO2S/c1-8-4-5-12(10(8)11(13)14)7-9-3-2-6-15-9/h2-3,6,8,10H,4-5,7H2,1H3,(H,13,14). The Kier molecular flexibility index (Phi) is 3.07. The van der Waals surface area contributed by atoms with Gasteiger partial charge in [0.05, 0.1) is 0 Å². The molecule has 1 aromatic heterocycles. The van der Waals surface area contributed by atoms with Crippen LogP contribution in [0.15, 0.2) is 17.5 Å². The highest BCUT2D eigenvalue weighted by molar-refractivity contribution is 7.09. The number of aliphatic carboxylic acids is 1. The van der Waals surface area contributed by atoms with E-state index in [-0.39, 0.29) is 12.0 Å². The summed E-state index contributed by atoms with van der Waals surface area (Å²) in [5.41, 5.74) is 0. The monoisotopic (exact) mass is 225 g/mol. The molecule has 0 bridgehead atoms. The molecule has 2 rings (SSSR count). The van der Waals surface area contributed by atoms with E-state index in [9.17, 15) is 4.79 Å². The lowest BCUT2D eigenvalue weighted by Crippen LogP contribution is -2.38. The van der Waals surface area contributed by atoms with Crippen LogP contribution in [-0.2, 0) is 11.3 Å². The van der Waals surface area contributed by atoms with Gasteiger partial charge in [-0.25, -0.2) is 0 Å². The van der Waals surface area contributed by atoms with E-state index in [0.29, 0.717) is 0 Å². The van der Waals surface area contributed by atoms with Crippen LogP contribution in [0.1, 0.15) is 18.2 Å². The number of carboxylic acids is 1. The maximum absolute atomic E-state index is 11.1. The van der Waals surface area contributed by atoms with Crippen molar-refractivity contribution in [2.75, 3.05) is 6.54 Å². The van der Waals surface area contributed by atoms with Crippen molar-refractivity contribution in [3.63, 3.8) is 0 Å². The Morgan fingerprint density at radius 1 is 1.73 bits per heavy atom.